The van der Waals surface area contributed by atoms with Crippen LogP contribution in [-0.2, 0) is 0 Å². The number of hydrogen-bond donors (Lipinski definition) is 1. The molecular weight excluding hydrogens is 398 g/mol. The molecular formula is C24H17NO6. The number of nitrogens with one attached hydrogen (secondary N) is 1. The molecule has 1 aromatic heterocycles. The van der Waals surface area contributed by atoms with Crippen LogP contribution in [0.4, 0.5) is 5.69 Å². The van der Waals surface area contributed by atoms with Gasteiger partial charge in [-0.15, -0.1) is 0 Å². The minimum atomic E-state index is -0.861. The maximum Gasteiger partial charge on any atom is 0.351 e. The molecule has 0 radical (unpaired) electrons. The van der Waals surface area contributed by atoms with Gasteiger partial charge in [-0.2, -0.15) is 0 Å². The molecule has 0 aliphatic carbocycles. The first-order valence-electron chi connectivity index (χ1n) is 9.34. The summed E-state index contributed by atoms with van der Waals surface area (Å²) in [6.07, 6.45) is 0. The maximum absolute atomic E-state index is 12.5. The Morgan fingerprint density at radius 1 is 0.871 bits per heavy atom. The van der Waals surface area contributed by atoms with Crippen LogP contribution in [0.2, 0.25) is 0 Å². The molecule has 0 aliphatic rings. The number of fused-ring (bicyclic) bond motifs is 1. The van der Waals surface area contributed by atoms with Gasteiger partial charge in [-0.05, 0) is 60.7 Å². The lowest BCUT2D eigenvalue weighted by Crippen LogP contribution is -2.18. The Bertz CT molecular complexity index is 1310. The quantitative estimate of drug-likeness (QED) is 0.297. The molecule has 0 atom stereocenters. The van der Waals surface area contributed by atoms with Gasteiger partial charge in [0.05, 0.1) is 7.11 Å². The predicted octanol–water partition coefficient (Wildman–Crippen LogP) is 4.27. The Labute approximate surface area is 176 Å². The lowest BCUT2D eigenvalue weighted by atomic mass is 10.1. The monoisotopic (exact) mass is 415 g/mol. The third-order valence-corrected chi connectivity index (χ3v) is 4.52. The second kappa shape index (κ2) is 8.54. The van der Waals surface area contributed by atoms with E-state index in [4.69, 9.17) is 13.9 Å². The highest BCUT2D eigenvalue weighted by molar-refractivity contribution is 6.04. The molecule has 0 spiro atoms. The summed E-state index contributed by atoms with van der Waals surface area (Å²) in [7, 11) is 1.51. The van der Waals surface area contributed by atoms with Gasteiger partial charge < -0.3 is 19.2 Å². The number of benzene rings is 3. The van der Waals surface area contributed by atoms with E-state index in [1.165, 1.54) is 37.4 Å². The molecule has 154 valence electrons. The zero-order valence-electron chi connectivity index (χ0n) is 16.5. The van der Waals surface area contributed by atoms with Crippen molar-refractivity contribution in [3.63, 3.8) is 0 Å². The molecule has 1 N–H and O–H groups in total. The van der Waals surface area contributed by atoms with E-state index >= 15 is 0 Å². The Morgan fingerprint density at radius 3 is 2.29 bits per heavy atom. The molecule has 0 unspecified atom stereocenters. The highest BCUT2D eigenvalue weighted by atomic mass is 16.5. The molecule has 0 saturated carbocycles. The van der Waals surface area contributed by atoms with E-state index in [1.807, 2.05) is 18.2 Å². The van der Waals surface area contributed by atoms with Gasteiger partial charge in [-0.25, -0.2) is 9.59 Å². The summed E-state index contributed by atoms with van der Waals surface area (Å²) in [4.78, 5) is 37.0. The summed E-state index contributed by atoms with van der Waals surface area (Å²) in [5.74, 6) is -0.412. The minimum absolute atomic E-state index is 0.186. The first-order chi connectivity index (χ1) is 15.0. The van der Waals surface area contributed by atoms with E-state index < -0.39 is 11.6 Å². The average Bonchev–Trinajstić information content (AvgIpc) is 2.79. The number of amides is 1. The molecule has 0 aliphatic heterocycles. The molecule has 3 aromatic carbocycles. The van der Waals surface area contributed by atoms with Crippen molar-refractivity contribution < 1.29 is 23.5 Å². The highest BCUT2D eigenvalue weighted by Gasteiger charge is 2.17. The van der Waals surface area contributed by atoms with E-state index in [-0.39, 0.29) is 17.2 Å². The molecule has 0 fully saturated rings. The summed E-state index contributed by atoms with van der Waals surface area (Å²) in [5.41, 5.74) is 0.341. The van der Waals surface area contributed by atoms with Crippen LogP contribution in [0.15, 0.2) is 88.1 Å². The van der Waals surface area contributed by atoms with Crippen LogP contribution in [0, 0.1) is 0 Å². The fourth-order valence-corrected chi connectivity index (χ4v) is 2.93. The van der Waals surface area contributed by atoms with Gasteiger partial charge in [-0.3, -0.25) is 4.79 Å². The van der Waals surface area contributed by atoms with E-state index in [2.05, 4.69) is 5.32 Å². The number of carbonyl (C=O) groups is 2. The topological polar surface area (TPSA) is 94.8 Å². The number of anilines is 1. The molecule has 0 saturated heterocycles. The van der Waals surface area contributed by atoms with E-state index in [9.17, 15) is 14.4 Å². The summed E-state index contributed by atoms with van der Waals surface area (Å²) < 4.78 is 15.6. The number of methoxy groups -OCH3 is 1. The van der Waals surface area contributed by atoms with Crippen molar-refractivity contribution >= 4 is 28.5 Å². The van der Waals surface area contributed by atoms with Crippen molar-refractivity contribution in [1.29, 1.82) is 0 Å². The van der Waals surface area contributed by atoms with Crippen molar-refractivity contribution in [1.82, 2.24) is 0 Å². The molecule has 4 aromatic rings. The first kappa shape index (κ1) is 19.9. The third kappa shape index (κ3) is 4.45. The number of ether oxygens (including phenoxy) is 2. The molecule has 0 bridgehead atoms. The minimum Gasteiger partial charge on any atom is -0.497 e. The molecule has 1 amide bonds. The first-order valence-corrected chi connectivity index (χ1v) is 9.34. The van der Waals surface area contributed by atoms with Crippen LogP contribution in [0.5, 0.6) is 11.5 Å². The van der Waals surface area contributed by atoms with Gasteiger partial charge in [0, 0.05) is 16.6 Å². The van der Waals surface area contributed by atoms with Crippen molar-refractivity contribution in [2.24, 2.45) is 0 Å². The van der Waals surface area contributed by atoms with Gasteiger partial charge in [0.2, 0.25) is 0 Å². The molecule has 7 heteroatoms. The smallest absolute Gasteiger partial charge is 0.351 e. The Hall–Kier alpha value is -4.39. The summed E-state index contributed by atoms with van der Waals surface area (Å²) in [6, 6.07) is 21.3. The molecule has 1 heterocycles. The standard InChI is InChI=1S/C24H17NO6/c1-29-19-11-12-21-16(13-19)14-20(24(28)31-21)23(27)30-18-9-7-15(8-10-18)22(26)25-17-5-3-2-4-6-17/h2-14H,1H3,(H,25,26). The highest BCUT2D eigenvalue weighted by Crippen LogP contribution is 2.21. The fourth-order valence-electron chi connectivity index (χ4n) is 2.93. The van der Waals surface area contributed by atoms with E-state index in [0.717, 1.165) is 0 Å². The summed E-state index contributed by atoms with van der Waals surface area (Å²) in [6.45, 7) is 0. The Morgan fingerprint density at radius 2 is 1.58 bits per heavy atom. The SMILES string of the molecule is COc1ccc2oc(=O)c(C(=O)Oc3ccc(C(=O)Nc4ccccc4)cc3)cc2c1. The molecule has 4 rings (SSSR count). The van der Waals surface area contributed by atoms with Gasteiger partial charge in [0.1, 0.15) is 22.6 Å². The lowest BCUT2D eigenvalue weighted by molar-refractivity contribution is 0.0730. The number of esters is 1. The van der Waals surface area contributed by atoms with Crippen molar-refractivity contribution in [3.05, 3.63) is 100 Å². The zero-order chi connectivity index (χ0) is 21.8. The second-order valence-electron chi connectivity index (χ2n) is 6.59. The lowest BCUT2D eigenvalue weighted by Gasteiger charge is -2.07. The van der Waals surface area contributed by atoms with Gasteiger partial charge in [0.25, 0.3) is 5.91 Å². The van der Waals surface area contributed by atoms with Gasteiger partial charge >= 0.3 is 11.6 Å². The maximum atomic E-state index is 12.5. The zero-order valence-corrected chi connectivity index (χ0v) is 16.5. The van der Waals surface area contributed by atoms with Crippen LogP contribution >= 0.6 is 0 Å². The molecule has 7 nitrogen and oxygen atoms in total. The normalized spacial score (nSPS) is 10.5. The molecule has 31 heavy (non-hydrogen) atoms. The number of rotatable bonds is 5. The van der Waals surface area contributed by atoms with Crippen molar-refractivity contribution in [2.75, 3.05) is 12.4 Å². The summed E-state index contributed by atoms with van der Waals surface area (Å²) >= 11 is 0. The second-order valence-corrected chi connectivity index (χ2v) is 6.59. The van der Waals surface area contributed by atoms with Crippen LogP contribution in [-0.4, -0.2) is 19.0 Å². The van der Waals surface area contributed by atoms with Crippen LogP contribution in [0.25, 0.3) is 11.0 Å². The van der Waals surface area contributed by atoms with E-state index in [1.54, 1.807) is 30.3 Å². The fraction of sp³-hybridized carbons (Fsp3) is 0.0417. The van der Waals surface area contributed by atoms with Crippen LogP contribution < -0.4 is 20.4 Å². The Kier molecular flexibility index (Phi) is 5.49. The van der Waals surface area contributed by atoms with Gasteiger partial charge in [0.15, 0.2) is 0 Å². The third-order valence-electron chi connectivity index (χ3n) is 4.52. The summed E-state index contributed by atoms with van der Waals surface area (Å²) in [5, 5.41) is 3.29. The van der Waals surface area contributed by atoms with Crippen LogP contribution in [0.3, 0.4) is 0 Å². The number of carbonyl (C=O) groups excluding carboxylic acids is 2. The van der Waals surface area contributed by atoms with E-state index in [0.29, 0.717) is 28.0 Å². The largest absolute Gasteiger partial charge is 0.497 e. The number of hydrogen-bond acceptors (Lipinski definition) is 6. The van der Waals surface area contributed by atoms with Crippen molar-refractivity contribution in [3.8, 4) is 11.5 Å². The Balaban J connectivity index is 1.50. The van der Waals surface area contributed by atoms with Crippen LogP contribution in [0.1, 0.15) is 20.7 Å². The average molecular weight is 415 g/mol. The van der Waals surface area contributed by atoms with Crippen molar-refractivity contribution in [2.45, 2.75) is 0 Å². The number of para-hydroxylation sites is 1. The van der Waals surface area contributed by atoms with Gasteiger partial charge in [-0.1, -0.05) is 18.2 Å². The predicted molar refractivity (Wildman–Crippen MR) is 115 cm³/mol.